The second kappa shape index (κ2) is 10.8. The van der Waals surface area contributed by atoms with Crippen LogP contribution >= 0.6 is 0 Å². The molecule has 0 saturated heterocycles. The zero-order valence-electron chi connectivity index (χ0n) is 13.3. The van der Waals surface area contributed by atoms with E-state index in [1.807, 2.05) is 6.92 Å². The number of hydrogen-bond acceptors (Lipinski definition) is 4. The standard InChI is InChI=1S/C16H25N3O3/c1-3-7-18-15(20)13-5-4-6-14(12-13)16(21)19-9-8-17-10-11-22-2/h4-6,12,17H,3,7-11H2,1-2H3,(H,18,20)(H,19,21). The van der Waals surface area contributed by atoms with Gasteiger partial charge in [-0.2, -0.15) is 0 Å². The van der Waals surface area contributed by atoms with E-state index in [4.69, 9.17) is 4.74 Å². The van der Waals surface area contributed by atoms with E-state index in [9.17, 15) is 9.59 Å². The first-order valence-electron chi connectivity index (χ1n) is 7.55. The molecule has 0 atom stereocenters. The maximum absolute atomic E-state index is 12.0. The number of hydrogen-bond donors (Lipinski definition) is 3. The van der Waals surface area contributed by atoms with Crippen LogP contribution in [-0.2, 0) is 4.74 Å². The van der Waals surface area contributed by atoms with Gasteiger partial charge in [-0.25, -0.2) is 0 Å². The molecule has 1 aromatic rings. The minimum atomic E-state index is -0.182. The van der Waals surface area contributed by atoms with Gasteiger partial charge in [0.25, 0.3) is 11.8 Å². The molecule has 1 aromatic carbocycles. The largest absolute Gasteiger partial charge is 0.383 e. The summed E-state index contributed by atoms with van der Waals surface area (Å²) >= 11 is 0. The summed E-state index contributed by atoms with van der Waals surface area (Å²) in [5.74, 6) is -0.337. The average molecular weight is 307 g/mol. The molecular formula is C16H25N3O3. The van der Waals surface area contributed by atoms with Crippen LogP contribution in [-0.4, -0.2) is 51.7 Å². The summed E-state index contributed by atoms with van der Waals surface area (Å²) in [6.07, 6.45) is 0.877. The lowest BCUT2D eigenvalue weighted by Gasteiger charge is -2.08. The molecule has 6 heteroatoms. The number of amides is 2. The van der Waals surface area contributed by atoms with E-state index in [1.54, 1.807) is 31.4 Å². The average Bonchev–Trinajstić information content (AvgIpc) is 2.55. The molecule has 22 heavy (non-hydrogen) atoms. The first kappa shape index (κ1) is 18.1. The van der Waals surface area contributed by atoms with Crippen molar-refractivity contribution in [1.29, 1.82) is 0 Å². The molecule has 0 aliphatic carbocycles. The highest BCUT2D eigenvalue weighted by Crippen LogP contribution is 2.05. The van der Waals surface area contributed by atoms with Crippen molar-refractivity contribution >= 4 is 11.8 Å². The lowest BCUT2D eigenvalue weighted by molar-refractivity contribution is 0.0953. The Morgan fingerprint density at radius 3 is 2.23 bits per heavy atom. The van der Waals surface area contributed by atoms with Crippen LogP contribution in [0.2, 0.25) is 0 Å². The molecule has 3 N–H and O–H groups in total. The van der Waals surface area contributed by atoms with Gasteiger partial charge < -0.3 is 20.7 Å². The van der Waals surface area contributed by atoms with Gasteiger partial charge in [-0.15, -0.1) is 0 Å². The monoisotopic (exact) mass is 307 g/mol. The third kappa shape index (κ3) is 6.69. The molecule has 122 valence electrons. The van der Waals surface area contributed by atoms with E-state index in [1.165, 1.54) is 0 Å². The van der Waals surface area contributed by atoms with Gasteiger partial charge >= 0.3 is 0 Å². The third-order valence-electron chi connectivity index (χ3n) is 2.99. The van der Waals surface area contributed by atoms with Crippen molar-refractivity contribution in [1.82, 2.24) is 16.0 Å². The quantitative estimate of drug-likeness (QED) is 0.559. The van der Waals surface area contributed by atoms with Crippen LogP contribution in [0, 0.1) is 0 Å². The topological polar surface area (TPSA) is 79.5 Å². The zero-order chi connectivity index (χ0) is 16.2. The molecule has 0 spiro atoms. The maximum Gasteiger partial charge on any atom is 0.251 e. The van der Waals surface area contributed by atoms with E-state index in [0.717, 1.165) is 13.0 Å². The molecule has 0 radical (unpaired) electrons. The highest BCUT2D eigenvalue weighted by molar-refractivity contribution is 5.99. The van der Waals surface area contributed by atoms with Gasteiger partial charge in [-0.1, -0.05) is 13.0 Å². The Morgan fingerprint density at radius 2 is 1.64 bits per heavy atom. The summed E-state index contributed by atoms with van der Waals surface area (Å²) in [5, 5.41) is 8.75. The highest BCUT2D eigenvalue weighted by Gasteiger charge is 2.09. The first-order valence-corrected chi connectivity index (χ1v) is 7.55. The lowest BCUT2D eigenvalue weighted by atomic mass is 10.1. The lowest BCUT2D eigenvalue weighted by Crippen LogP contribution is -2.33. The fraction of sp³-hybridized carbons (Fsp3) is 0.500. The van der Waals surface area contributed by atoms with Gasteiger partial charge in [0.1, 0.15) is 0 Å². The van der Waals surface area contributed by atoms with Crippen molar-refractivity contribution in [3.05, 3.63) is 35.4 Å². The predicted molar refractivity (Wildman–Crippen MR) is 86.1 cm³/mol. The van der Waals surface area contributed by atoms with Crippen LogP contribution in [0.1, 0.15) is 34.1 Å². The summed E-state index contributed by atoms with van der Waals surface area (Å²) in [7, 11) is 1.65. The number of methoxy groups -OCH3 is 1. The minimum absolute atomic E-state index is 0.155. The Kier molecular flexibility index (Phi) is 8.86. The summed E-state index contributed by atoms with van der Waals surface area (Å²) in [6, 6.07) is 6.73. The van der Waals surface area contributed by atoms with Crippen LogP contribution in [0.4, 0.5) is 0 Å². The zero-order valence-corrected chi connectivity index (χ0v) is 13.3. The molecule has 0 aliphatic heterocycles. The number of carbonyl (C=O) groups excluding carboxylic acids is 2. The van der Waals surface area contributed by atoms with Crippen molar-refractivity contribution in [3.63, 3.8) is 0 Å². The van der Waals surface area contributed by atoms with Gasteiger partial charge in [0.15, 0.2) is 0 Å². The van der Waals surface area contributed by atoms with Crippen molar-refractivity contribution in [2.75, 3.05) is 39.9 Å². The Bertz CT molecular complexity index is 477. The Morgan fingerprint density at radius 1 is 1.00 bits per heavy atom. The number of carbonyl (C=O) groups is 2. The van der Waals surface area contributed by atoms with Crippen molar-refractivity contribution in [2.24, 2.45) is 0 Å². The number of nitrogens with one attached hydrogen (secondary N) is 3. The second-order valence-electron chi connectivity index (χ2n) is 4.84. The van der Waals surface area contributed by atoms with E-state index in [2.05, 4.69) is 16.0 Å². The molecule has 0 aromatic heterocycles. The first-order chi connectivity index (χ1) is 10.7. The Balaban J connectivity index is 2.43. The Labute approximate surface area is 131 Å². The number of ether oxygens (including phenoxy) is 1. The third-order valence-corrected chi connectivity index (χ3v) is 2.99. The molecule has 2 amide bonds. The molecule has 0 fully saturated rings. The summed E-state index contributed by atoms with van der Waals surface area (Å²) in [5.41, 5.74) is 0.986. The van der Waals surface area contributed by atoms with Gasteiger partial charge in [0.2, 0.25) is 0 Å². The smallest absolute Gasteiger partial charge is 0.251 e. The molecule has 0 unspecified atom stereocenters. The molecule has 6 nitrogen and oxygen atoms in total. The van der Waals surface area contributed by atoms with Crippen molar-refractivity contribution < 1.29 is 14.3 Å². The van der Waals surface area contributed by atoms with Crippen LogP contribution in [0.5, 0.6) is 0 Å². The molecule has 0 bridgehead atoms. The summed E-state index contributed by atoms with van der Waals surface area (Å²) < 4.78 is 4.91. The van der Waals surface area contributed by atoms with Crippen LogP contribution in [0.25, 0.3) is 0 Å². The van der Waals surface area contributed by atoms with E-state index in [-0.39, 0.29) is 11.8 Å². The van der Waals surface area contributed by atoms with Crippen LogP contribution in [0.3, 0.4) is 0 Å². The Hall–Kier alpha value is -1.92. The highest BCUT2D eigenvalue weighted by atomic mass is 16.5. The molecule has 0 saturated carbocycles. The van der Waals surface area contributed by atoms with E-state index >= 15 is 0 Å². The minimum Gasteiger partial charge on any atom is -0.383 e. The number of rotatable bonds is 10. The van der Waals surface area contributed by atoms with E-state index in [0.29, 0.717) is 37.4 Å². The summed E-state index contributed by atoms with van der Waals surface area (Å²) in [4.78, 5) is 23.9. The molecular weight excluding hydrogens is 282 g/mol. The van der Waals surface area contributed by atoms with Crippen LogP contribution < -0.4 is 16.0 Å². The fourth-order valence-corrected chi connectivity index (χ4v) is 1.81. The maximum atomic E-state index is 12.0. The van der Waals surface area contributed by atoms with Gasteiger partial charge in [-0.05, 0) is 24.6 Å². The summed E-state index contributed by atoms with van der Waals surface area (Å²) in [6.45, 7) is 5.20. The van der Waals surface area contributed by atoms with E-state index < -0.39 is 0 Å². The van der Waals surface area contributed by atoms with Gasteiger partial charge in [-0.3, -0.25) is 9.59 Å². The second-order valence-corrected chi connectivity index (χ2v) is 4.84. The number of benzene rings is 1. The molecule has 0 heterocycles. The molecule has 1 rings (SSSR count). The van der Waals surface area contributed by atoms with Gasteiger partial charge in [0.05, 0.1) is 6.61 Å². The van der Waals surface area contributed by atoms with Crippen molar-refractivity contribution in [3.8, 4) is 0 Å². The normalized spacial score (nSPS) is 10.3. The van der Waals surface area contributed by atoms with Gasteiger partial charge in [0, 0.05) is 44.4 Å². The van der Waals surface area contributed by atoms with Crippen molar-refractivity contribution in [2.45, 2.75) is 13.3 Å². The predicted octanol–water partition coefficient (Wildman–Crippen LogP) is 0.792. The van der Waals surface area contributed by atoms with Crippen LogP contribution in [0.15, 0.2) is 24.3 Å². The SMILES string of the molecule is CCCNC(=O)c1cccc(C(=O)NCCNCCOC)c1. The fourth-order valence-electron chi connectivity index (χ4n) is 1.81. The molecule has 0 aliphatic rings.